The Balaban J connectivity index is 2.45. The van der Waals surface area contributed by atoms with Crippen molar-refractivity contribution in [1.29, 1.82) is 0 Å². The average molecular weight is 237 g/mol. The maximum absolute atomic E-state index is 11.7. The van der Waals surface area contributed by atoms with Crippen molar-refractivity contribution >= 4 is 11.8 Å². The highest BCUT2D eigenvalue weighted by molar-refractivity contribution is 5.82. The second-order valence-corrected chi connectivity index (χ2v) is 4.43. The molecule has 0 spiro atoms. The van der Waals surface area contributed by atoms with Gasteiger partial charge >= 0.3 is 5.97 Å². The lowest BCUT2D eigenvalue weighted by Crippen LogP contribution is -2.57. The van der Waals surface area contributed by atoms with Crippen LogP contribution in [0.15, 0.2) is 17.2 Å². The summed E-state index contributed by atoms with van der Waals surface area (Å²) in [4.78, 5) is 31.2. The van der Waals surface area contributed by atoms with Crippen LogP contribution >= 0.6 is 0 Å². The number of carboxylic acids is 1. The van der Waals surface area contributed by atoms with E-state index in [-0.39, 0.29) is 11.4 Å². The molecule has 2 heterocycles. The summed E-state index contributed by atoms with van der Waals surface area (Å²) in [6, 6.07) is 0. The van der Waals surface area contributed by atoms with E-state index in [9.17, 15) is 14.7 Å². The molecule has 0 bridgehead atoms. The molecule has 6 heteroatoms. The van der Waals surface area contributed by atoms with Crippen LogP contribution in [0.2, 0.25) is 0 Å². The van der Waals surface area contributed by atoms with Crippen molar-refractivity contribution in [2.24, 2.45) is 0 Å². The number of carboxylic acid groups (broad SMARTS) is 1. The van der Waals surface area contributed by atoms with Gasteiger partial charge in [0.15, 0.2) is 5.82 Å². The molecule has 0 saturated carbocycles. The smallest absolute Gasteiger partial charge is 0.329 e. The van der Waals surface area contributed by atoms with Gasteiger partial charge in [-0.1, -0.05) is 0 Å². The van der Waals surface area contributed by atoms with Gasteiger partial charge in [-0.25, -0.2) is 9.78 Å². The van der Waals surface area contributed by atoms with Crippen LogP contribution in [0.1, 0.15) is 26.2 Å². The summed E-state index contributed by atoms with van der Waals surface area (Å²) in [6.07, 6.45) is 5.16. The van der Waals surface area contributed by atoms with Crippen molar-refractivity contribution in [3.8, 4) is 0 Å². The molecule has 1 aromatic heterocycles. The molecule has 1 aliphatic heterocycles. The van der Waals surface area contributed by atoms with E-state index in [0.29, 0.717) is 13.0 Å². The Morgan fingerprint density at radius 3 is 3.00 bits per heavy atom. The van der Waals surface area contributed by atoms with Gasteiger partial charge in [0, 0.05) is 18.9 Å². The van der Waals surface area contributed by atoms with Gasteiger partial charge in [0.25, 0.3) is 5.56 Å². The summed E-state index contributed by atoms with van der Waals surface area (Å²) in [6.45, 7) is 2.19. The van der Waals surface area contributed by atoms with Gasteiger partial charge in [-0.05, 0) is 26.2 Å². The average Bonchev–Trinajstić information content (AvgIpc) is 2.31. The Bertz CT molecular complexity index is 485. The summed E-state index contributed by atoms with van der Waals surface area (Å²) in [7, 11) is 0. The van der Waals surface area contributed by atoms with E-state index < -0.39 is 11.5 Å². The molecular weight excluding hydrogens is 222 g/mol. The first-order valence-corrected chi connectivity index (χ1v) is 5.60. The fourth-order valence-electron chi connectivity index (χ4n) is 2.22. The highest BCUT2D eigenvalue weighted by Crippen LogP contribution is 2.30. The number of nitrogens with zero attached hydrogens (tertiary/aromatic N) is 2. The van der Waals surface area contributed by atoms with E-state index >= 15 is 0 Å². The first-order chi connectivity index (χ1) is 8.05. The third kappa shape index (κ3) is 1.90. The molecule has 17 heavy (non-hydrogen) atoms. The van der Waals surface area contributed by atoms with Crippen LogP contribution in [0.25, 0.3) is 0 Å². The molecule has 1 unspecified atom stereocenters. The molecule has 6 nitrogen and oxygen atoms in total. The third-order valence-electron chi connectivity index (χ3n) is 3.30. The lowest BCUT2D eigenvalue weighted by molar-refractivity contribution is -0.143. The topological polar surface area (TPSA) is 86.3 Å². The van der Waals surface area contributed by atoms with Gasteiger partial charge in [-0.3, -0.25) is 4.79 Å². The third-order valence-corrected chi connectivity index (χ3v) is 3.30. The molecule has 1 atom stereocenters. The minimum atomic E-state index is -1.04. The van der Waals surface area contributed by atoms with Gasteiger partial charge < -0.3 is 15.0 Å². The molecular formula is C11H15N3O3. The number of hydrogen-bond donors (Lipinski definition) is 2. The van der Waals surface area contributed by atoms with Crippen molar-refractivity contribution in [3.05, 3.63) is 22.7 Å². The van der Waals surface area contributed by atoms with E-state index in [2.05, 4.69) is 9.97 Å². The maximum Gasteiger partial charge on any atom is 0.329 e. The van der Waals surface area contributed by atoms with E-state index in [1.807, 2.05) is 0 Å². The summed E-state index contributed by atoms with van der Waals surface area (Å²) < 4.78 is 0. The zero-order chi connectivity index (χ0) is 12.5. The summed E-state index contributed by atoms with van der Waals surface area (Å²) in [5, 5.41) is 9.34. The zero-order valence-electron chi connectivity index (χ0n) is 9.64. The molecule has 1 aliphatic rings. The predicted molar refractivity (Wildman–Crippen MR) is 62.1 cm³/mol. The SMILES string of the molecule is CC1(C(=O)O)CCCCN1c1ncc[nH]c1=O. The van der Waals surface area contributed by atoms with Crippen LogP contribution in [0, 0.1) is 0 Å². The number of piperidine rings is 1. The molecule has 1 saturated heterocycles. The van der Waals surface area contributed by atoms with Crippen molar-refractivity contribution in [1.82, 2.24) is 9.97 Å². The number of aromatic amines is 1. The number of nitrogens with one attached hydrogen (secondary N) is 1. The van der Waals surface area contributed by atoms with Crippen molar-refractivity contribution in [2.45, 2.75) is 31.7 Å². The van der Waals surface area contributed by atoms with Crippen LogP contribution < -0.4 is 10.5 Å². The van der Waals surface area contributed by atoms with Gasteiger partial charge in [0.05, 0.1) is 0 Å². The Morgan fingerprint density at radius 1 is 1.59 bits per heavy atom. The molecule has 2 rings (SSSR count). The second kappa shape index (κ2) is 4.20. The monoisotopic (exact) mass is 237 g/mol. The van der Waals surface area contributed by atoms with E-state index in [4.69, 9.17) is 0 Å². The minimum Gasteiger partial charge on any atom is -0.480 e. The minimum absolute atomic E-state index is 0.192. The number of H-pyrrole nitrogens is 1. The normalized spacial score (nSPS) is 24.6. The highest BCUT2D eigenvalue weighted by atomic mass is 16.4. The predicted octanol–water partition coefficient (Wildman–Crippen LogP) is 0.603. The van der Waals surface area contributed by atoms with E-state index in [1.165, 1.54) is 12.4 Å². The maximum atomic E-state index is 11.7. The fraction of sp³-hybridized carbons (Fsp3) is 0.545. The van der Waals surface area contributed by atoms with Gasteiger partial charge in [-0.15, -0.1) is 0 Å². The number of aromatic nitrogens is 2. The van der Waals surface area contributed by atoms with Crippen molar-refractivity contribution in [2.75, 3.05) is 11.4 Å². The number of aliphatic carboxylic acids is 1. The second-order valence-electron chi connectivity index (χ2n) is 4.43. The quantitative estimate of drug-likeness (QED) is 0.786. The van der Waals surface area contributed by atoms with Gasteiger partial charge in [0.2, 0.25) is 0 Å². The molecule has 0 aromatic carbocycles. The first-order valence-electron chi connectivity index (χ1n) is 5.60. The van der Waals surface area contributed by atoms with Gasteiger partial charge in [0.1, 0.15) is 5.54 Å². The van der Waals surface area contributed by atoms with E-state index in [1.54, 1.807) is 11.8 Å². The number of carbonyl (C=O) groups is 1. The summed E-state index contributed by atoms with van der Waals surface area (Å²) in [5.74, 6) is -0.723. The van der Waals surface area contributed by atoms with E-state index in [0.717, 1.165) is 12.8 Å². The molecule has 92 valence electrons. The Labute approximate surface area is 98.3 Å². The lowest BCUT2D eigenvalue weighted by Gasteiger charge is -2.41. The van der Waals surface area contributed by atoms with Crippen LogP contribution in [0.4, 0.5) is 5.82 Å². The Morgan fingerprint density at radius 2 is 2.35 bits per heavy atom. The van der Waals surface area contributed by atoms with Crippen LogP contribution in [0.5, 0.6) is 0 Å². The zero-order valence-corrected chi connectivity index (χ0v) is 9.64. The van der Waals surface area contributed by atoms with Crippen LogP contribution in [0.3, 0.4) is 0 Å². The molecule has 0 amide bonds. The largest absolute Gasteiger partial charge is 0.480 e. The molecule has 0 aliphatic carbocycles. The molecule has 1 aromatic rings. The number of hydrogen-bond acceptors (Lipinski definition) is 4. The number of anilines is 1. The molecule has 0 radical (unpaired) electrons. The summed E-state index contributed by atoms with van der Waals surface area (Å²) >= 11 is 0. The van der Waals surface area contributed by atoms with Crippen molar-refractivity contribution < 1.29 is 9.90 Å². The number of rotatable bonds is 2. The molecule has 2 N–H and O–H groups in total. The van der Waals surface area contributed by atoms with Crippen LogP contribution in [-0.4, -0.2) is 33.1 Å². The standard InChI is InChI=1S/C11H15N3O3/c1-11(10(16)17)4-2-3-7-14(11)8-9(15)13-6-5-12-8/h5-6H,2-4,7H2,1H3,(H,13,15)(H,16,17). The first kappa shape index (κ1) is 11.6. The Hall–Kier alpha value is -1.85. The summed E-state index contributed by atoms with van der Waals surface area (Å²) in [5.41, 5.74) is -1.39. The highest BCUT2D eigenvalue weighted by Gasteiger charge is 2.42. The lowest BCUT2D eigenvalue weighted by atomic mass is 9.88. The van der Waals surface area contributed by atoms with Crippen LogP contribution in [-0.2, 0) is 4.79 Å². The van der Waals surface area contributed by atoms with Crippen molar-refractivity contribution in [3.63, 3.8) is 0 Å². The molecule has 1 fully saturated rings. The fourth-order valence-corrected chi connectivity index (χ4v) is 2.22. The Kier molecular flexibility index (Phi) is 2.87. The van der Waals surface area contributed by atoms with Gasteiger partial charge in [-0.2, -0.15) is 0 Å².